The molecule has 12 nitrogen and oxygen atoms in total. The van der Waals surface area contributed by atoms with Crippen molar-refractivity contribution in [3.05, 3.63) is 90.3 Å². The van der Waals surface area contributed by atoms with Crippen molar-refractivity contribution in [2.75, 3.05) is 13.2 Å². The zero-order valence-electron chi connectivity index (χ0n) is 20.3. The maximum absolute atomic E-state index is 12.9. The van der Waals surface area contributed by atoms with Gasteiger partial charge in [-0.25, -0.2) is 14.4 Å². The van der Waals surface area contributed by atoms with E-state index < -0.39 is 55.2 Å². The van der Waals surface area contributed by atoms with Crippen LogP contribution in [-0.2, 0) is 23.7 Å². The smallest absolute Gasteiger partial charge is 0.338 e. The van der Waals surface area contributed by atoms with E-state index in [9.17, 15) is 19.5 Å². The molecule has 1 aliphatic rings. The molecule has 0 bridgehead atoms. The fourth-order valence-electron chi connectivity index (χ4n) is 3.77. The first-order chi connectivity index (χ1) is 18.5. The second kappa shape index (κ2) is 12.8. The molecular weight excluding hydrogens is 498 g/mol. The quantitative estimate of drug-likeness (QED) is 0.303. The van der Waals surface area contributed by atoms with E-state index in [-0.39, 0.29) is 23.3 Å². The third-order valence-corrected chi connectivity index (χ3v) is 5.58. The number of aliphatic hydroxyl groups excluding tert-OH is 1. The normalized spacial score (nSPS) is 21.3. The summed E-state index contributed by atoms with van der Waals surface area (Å²) < 4.78 is 28.0. The molecule has 1 fully saturated rings. The van der Waals surface area contributed by atoms with Crippen LogP contribution in [-0.4, -0.2) is 81.9 Å². The largest absolute Gasteiger partial charge is 0.458 e. The minimum atomic E-state index is -1.52. The molecule has 1 aliphatic heterocycles. The third kappa shape index (κ3) is 6.54. The Balaban J connectivity index is 1.60. The van der Waals surface area contributed by atoms with Crippen LogP contribution in [0, 0.1) is 0 Å². The molecule has 5 atom stereocenters. The van der Waals surface area contributed by atoms with Gasteiger partial charge in [-0.15, -0.1) is 0 Å². The van der Waals surface area contributed by atoms with Gasteiger partial charge < -0.3 is 28.8 Å². The lowest BCUT2D eigenvalue weighted by atomic mass is 10.1. The van der Waals surface area contributed by atoms with Gasteiger partial charge in [-0.3, -0.25) is 15.0 Å². The number of nitrogens with zero attached hydrogens (tertiary/aromatic N) is 3. The van der Waals surface area contributed by atoms with Crippen LogP contribution in [0.15, 0.2) is 73.6 Å². The SMILES string of the molecule is CCO[C@H]1C(O)O[C@H]([C@@H](COC(=O)c2ccncc2)OC(=O)c2ccncc2)[C@@H]1OC(=O)c1ccncc1. The van der Waals surface area contributed by atoms with Crippen molar-refractivity contribution < 1.29 is 43.2 Å². The highest BCUT2D eigenvalue weighted by Crippen LogP contribution is 2.30. The van der Waals surface area contributed by atoms with E-state index in [4.69, 9.17) is 23.7 Å². The number of esters is 3. The molecule has 198 valence electrons. The summed E-state index contributed by atoms with van der Waals surface area (Å²) in [5.74, 6) is -2.21. The van der Waals surface area contributed by atoms with Crippen LogP contribution in [0.5, 0.6) is 0 Å². The van der Waals surface area contributed by atoms with Gasteiger partial charge in [-0.2, -0.15) is 0 Å². The van der Waals surface area contributed by atoms with E-state index in [2.05, 4.69) is 15.0 Å². The first-order valence-corrected chi connectivity index (χ1v) is 11.7. The number of hydrogen-bond acceptors (Lipinski definition) is 12. The lowest BCUT2D eigenvalue weighted by Crippen LogP contribution is -2.47. The number of rotatable bonds is 10. The van der Waals surface area contributed by atoms with Crippen molar-refractivity contribution in [2.45, 2.75) is 37.6 Å². The Morgan fingerprint density at radius 2 is 1.32 bits per heavy atom. The van der Waals surface area contributed by atoms with Crippen molar-refractivity contribution in [3.8, 4) is 0 Å². The molecule has 3 aromatic heterocycles. The molecule has 38 heavy (non-hydrogen) atoms. The minimum absolute atomic E-state index is 0.166. The Labute approximate surface area is 217 Å². The number of aromatic nitrogens is 3. The van der Waals surface area contributed by atoms with E-state index in [0.29, 0.717) is 0 Å². The number of carbonyl (C=O) groups is 3. The van der Waals surface area contributed by atoms with E-state index in [1.807, 2.05) is 0 Å². The van der Waals surface area contributed by atoms with Crippen LogP contribution in [0.25, 0.3) is 0 Å². The molecule has 1 unspecified atom stereocenters. The number of pyridine rings is 3. The Kier molecular flexibility index (Phi) is 9.03. The molecule has 4 rings (SSSR count). The van der Waals surface area contributed by atoms with Crippen molar-refractivity contribution in [1.82, 2.24) is 15.0 Å². The summed E-state index contributed by atoms with van der Waals surface area (Å²) in [6.07, 6.45) is 2.13. The summed E-state index contributed by atoms with van der Waals surface area (Å²) in [6, 6.07) is 8.71. The second-order valence-electron chi connectivity index (χ2n) is 8.03. The lowest BCUT2D eigenvalue weighted by Gasteiger charge is -2.28. The molecule has 1 saturated heterocycles. The standard InChI is InChI=1S/C26H25N3O9/c1-2-34-22-21(38-25(32)18-7-13-29-14-8-18)20(37-26(22)33)19(36-24(31)17-5-11-28-12-6-17)15-35-23(30)16-3-9-27-10-4-16/h3-14,19-22,26,33H,2,15H2,1H3/t19-,20-,21+,22-,26?/m1/s1. The summed E-state index contributed by atoms with van der Waals surface area (Å²) in [7, 11) is 0. The van der Waals surface area contributed by atoms with Crippen LogP contribution < -0.4 is 0 Å². The Bertz CT molecular complexity index is 1210. The van der Waals surface area contributed by atoms with E-state index in [1.54, 1.807) is 6.92 Å². The summed E-state index contributed by atoms with van der Waals surface area (Å²) in [6.45, 7) is 1.39. The first-order valence-electron chi connectivity index (χ1n) is 11.7. The summed E-state index contributed by atoms with van der Waals surface area (Å²) in [4.78, 5) is 50.0. The number of aliphatic hydroxyl groups is 1. The predicted molar refractivity (Wildman–Crippen MR) is 128 cm³/mol. The average molecular weight is 523 g/mol. The number of carbonyl (C=O) groups excluding carboxylic acids is 3. The van der Waals surface area contributed by atoms with Gasteiger partial charge in [0.2, 0.25) is 0 Å². The highest BCUT2D eigenvalue weighted by molar-refractivity contribution is 5.90. The third-order valence-electron chi connectivity index (χ3n) is 5.58. The van der Waals surface area contributed by atoms with Gasteiger partial charge in [0.15, 0.2) is 18.5 Å². The zero-order valence-corrected chi connectivity index (χ0v) is 20.3. The molecule has 4 heterocycles. The van der Waals surface area contributed by atoms with Crippen LogP contribution in [0.4, 0.5) is 0 Å². The van der Waals surface area contributed by atoms with E-state index >= 15 is 0 Å². The highest BCUT2D eigenvalue weighted by Gasteiger charge is 2.52. The summed E-state index contributed by atoms with van der Waals surface area (Å²) in [5.41, 5.74) is 0.597. The van der Waals surface area contributed by atoms with Gasteiger partial charge in [0, 0.05) is 43.8 Å². The van der Waals surface area contributed by atoms with Crippen LogP contribution >= 0.6 is 0 Å². The molecule has 0 radical (unpaired) electrons. The topological polar surface area (TPSA) is 156 Å². The van der Waals surface area contributed by atoms with Crippen LogP contribution in [0.2, 0.25) is 0 Å². The maximum atomic E-state index is 12.9. The molecule has 1 N–H and O–H groups in total. The first kappa shape index (κ1) is 26.8. The van der Waals surface area contributed by atoms with Crippen molar-refractivity contribution >= 4 is 17.9 Å². The fourth-order valence-corrected chi connectivity index (χ4v) is 3.77. The summed E-state index contributed by atoms with van der Waals surface area (Å²) >= 11 is 0. The van der Waals surface area contributed by atoms with Crippen molar-refractivity contribution in [1.29, 1.82) is 0 Å². The fraction of sp³-hybridized carbons (Fsp3) is 0.308. The van der Waals surface area contributed by atoms with Crippen molar-refractivity contribution in [2.24, 2.45) is 0 Å². The van der Waals surface area contributed by atoms with E-state index in [0.717, 1.165) is 0 Å². The monoisotopic (exact) mass is 523 g/mol. The summed E-state index contributed by atoms with van der Waals surface area (Å²) in [5, 5.41) is 10.6. The van der Waals surface area contributed by atoms with E-state index in [1.165, 1.54) is 73.6 Å². The number of ether oxygens (including phenoxy) is 5. The van der Waals surface area contributed by atoms with Gasteiger partial charge in [0.1, 0.15) is 18.8 Å². The van der Waals surface area contributed by atoms with Gasteiger partial charge in [-0.05, 0) is 43.3 Å². The molecule has 3 aromatic rings. The Hall–Kier alpha value is -4.26. The van der Waals surface area contributed by atoms with Gasteiger partial charge in [-0.1, -0.05) is 0 Å². The Morgan fingerprint density at radius 1 is 0.816 bits per heavy atom. The van der Waals surface area contributed by atoms with Gasteiger partial charge in [0.05, 0.1) is 16.7 Å². The number of hydrogen-bond donors (Lipinski definition) is 1. The molecule has 0 aromatic carbocycles. The molecule has 0 aliphatic carbocycles. The van der Waals surface area contributed by atoms with Crippen molar-refractivity contribution in [3.63, 3.8) is 0 Å². The highest BCUT2D eigenvalue weighted by atomic mass is 16.7. The maximum Gasteiger partial charge on any atom is 0.338 e. The molecule has 12 heteroatoms. The predicted octanol–water partition coefficient (Wildman–Crippen LogP) is 1.60. The lowest BCUT2D eigenvalue weighted by molar-refractivity contribution is -0.159. The van der Waals surface area contributed by atoms with Crippen LogP contribution in [0.1, 0.15) is 38.0 Å². The molecule has 0 saturated carbocycles. The second-order valence-corrected chi connectivity index (χ2v) is 8.03. The van der Waals surface area contributed by atoms with Gasteiger partial charge >= 0.3 is 17.9 Å². The minimum Gasteiger partial charge on any atom is -0.458 e. The average Bonchev–Trinajstić information content (AvgIpc) is 3.26. The molecule has 0 amide bonds. The van der Waals surface area contributed by atoms with Crippen LogP contribution in [0.3, 0.4) is 0 Å². The molecular formula is C26H25N3O9. The molecule has 0 spiro atoms. The van der Waals surface area contributed by atoms with Gasteiger partial charge in [0.25, 0.3) is 0 Å². The Morgan fingerprint density at radius 3 is 1.84 bits per heavy atom. The zero-order chi connectivity index (χ0) is 26.9.